The van der Waals surface area contributed by atoms with E-state index in [-0.39, 0.29) is 0 Å². The Labute approximate surface area is 107 Å². The summed E-state index contributed by atoms with van der Waals surface area (Å²) in [6, 6.07) is 0.534. The van der Waals surface area contributed by atoms with Crippen LogP contribution in [0.4, 0.5) is 0 Å². The van der Waals surface area contributed by atoms with Crippen molar-refractivity contribution in [2.24, 2.45) is 16.8 Å². The maximum atomic E-state index is 4.65. The van der Waals surface area contributed by atoms with Crippen LogP contribution in [0.15, 0.2) is 16.6 Å². The molecule has 0 radical (unpaired) electrons. The van der Waals surface area contributed by atoms with Crippen molar-refractivity contribution in [1.82, 2.24) is 0 Å². The molecule has 1 rings (SSSR count). The van der Waals surface area contributed by atoms with Crippen LogP contribution >= 0.6 is 0 Å². The Morgan fingerprint density at radius 1 is 1.29 bits per heavy atom. The van der Waals surface area contributed by atoms with Gasteiger partial charge in [0.2, 0.25) is 0 Å². The number of hydrogen-bond donors (Lipinski definition) is 0. The van der Waals surface area contributed by atoms with Crippen molar-refractivity contribution in [2.45, 2.75) is 72.3 Å². The first-order chi connectivity index (χ1) is 8.11. The molecule has 1 aliphatic carbocycles. The number of nitrogens with zero attached hydrogens (tertiary/aromatic N) is 1. The molecule has 0 saturated heterocycles. The fourth-order valence-electron chi connectivity index (χ4n) is 2.22. The first kappa shape index (κ1) is 14.5. The summed E-state index contributed by atoms with van der Waals surface area (Å²) in [5.74, 6) is 1.97. The molecule has 17 heavy (non-hydrogen) atoms. The van der Waals surface area contributed by atoms with Crippen molar-refractivity contribution in [3.63, 3.8) is 0 Å². The highest BCUT2D eigenvalue weighted by Crippen LogP contribution is 2.36. The molecule has 2 unspecified atom stereocenters. The van der Waals surface area contributed by atoms with E-state index in [1.807, 2.05) is 6.21 Å². The van der Waals surface area contributed by atoms with Crippen molar-refractivity contribution in [1.29, 1.82) is 0 Å². The molecule has 1 aliphatic rings. The average Bonchev–Trinajstić information content (AvgIpc) is 3.06. The maximum Gasteiger partial charge on any atom is 0.0497 e. The van der Waals surface area contributed by atoms with Gasteiger partial charge in [-0.3, -0.25) is 4.99 Å². The monoisotopic (exact) mass is 235 g/mol. The second-order valence-electron chi connectivity index (χ2n) is 5.97. The summed E-state index contributed by atoms with van der Waals surface area (Å²) in [5, 5.41) is 0. The zero-order valence-electron chi connectivity index (χ0n) is 12.1. The van der Waals surface area contributed by atoms with E-state index in [0.717, 1.165) is 11.8 Å². The van der Waals surface area contributed by atoms with E-state index in [0.29, 0.717) is 6.04 Å². The van der Waals surface area contributed by atoms with Gasteiger partial charge in [0, 0.05) is 12.3 Å². The summed E-state index contributed by atoms with van der Waals surface area (Å²) in [6.07, 6.45) is 12.3. The molecule has 0 spiro atoms. The van der Waals surface area contributed by atoms with Gasteiger partial charge >= 0.3 is 0 Å². The fraction of sp³-hybridized carbons (Fsp3) is 0.812. The lowest BCUT2D eigenvalue weighted by Crippen LogP contribution is -2.06. The minimum Gasteiger partial charge on any atom is -0.290 e. The predicted molar refractivity (Wildman–Crippen MR) is 77.7 cm³/mol. The van der Waals surface area contributed by atoms with Crippen LogP contribution in [0.2, 0.25) is 0 Å². The molecule has 0 aromatic rings. The molecule has 1 fully saturated rings. The Morgan fingerprint density at radius 2 is 2.00 bits per heavy atom. The molecule has 0 bridgehead atoms. The minimum absolute atomic E-state index is 0.534. The zero-order chi connectivity index (χ0) is 12.7. The van der Waals surface area contributed by atoms with Crippen molar-refractivity contribution in [2.75, 3.05) is 0 Å². The van der Waals surface area contributed by atoms with Crippen LogP contribution in [0, 0.1) is 11.8 Å². The summed E-state index contributed by atoms with van der Waals surface area (Å²) in [7, 11) is 0. The summed E-state index contributed by atoms with van der Waals surface area (Å²) in [5.41, 5.74) is 1.32. The third kappa shape index (κ3) is 7.36. The van der Waals surface area contributed by atoms with Gasteiger partial charge < -0.3 is 0 Å². The highest BCUT2D eigenvalue weighted by Gasteiger charge is 2.23. The molecular weight excluding hydrogens is 206 g/mol. The summed E-state index contributed by atoms with van der Waals surface area (Å²) < 4.78 is 0. The van der Waals surface area contributed by atoms with E-state index in [9.17, 15) is 0 Å². The Hall–Kier alpha value is -0.590. The fourth-order valence-corrected chi connectivity index (χ4v) is 2.22. The molecule has 1 saturated carbocycles. The molecule has 98 valence electrons. The zero-order valence-corrected chi connectivity index (χ0v) is 12.1. The second kappa shape index (κ2) is 7.68. The van der Waals surface area contributed by atoms with Gasteiger partial charge in [-0.15, -0.1) is 0 Å². The van der Waals surface area contributed by atoms with Gasteiger partial charge in [-0.25, -0.2) is 0 Å². The third-order valence-corrected chi connectivity index (χ3v) is 3.60. The smallest absolute Gasteiger partial charge is 0.0497 e. The summed E-state index contributed by atoms with van der Waals surface area (Å²) in [6.45, 7) is 8.89. The van der Waals surface area contributed by atoms with Crippen molar-refractivity contribution in [3.05, 3.63) is 11.6 Å². The highest BCUT2D eigenvalue weighted by atomic mass is 14.8. The maximum absolute atomic E-state index is 4.65. The van der Waals surface area contributed by atoms with E-state index < -0.39 is 0 Å². The Balaban J connectivity index is 2.20. The molecular formula is C16H29N. The van der Waals surface area contributed by atoms with Gasteiger partial charge in [0.25, 0.3) is 0 Å². The quantitative estimate of drug-likeness (QED) is 0.524. The van der Waals surface area contributed by atoms with Crippen molar-refractivity contribution in [3.8, 4) is 0 Å². The van der Waals surface area contributed by atoms with Crippen molar-refractivity contribution < 1.29 is 0 Å². The van der Waals surface area contributed by atoms with E-state index >= 15 is 0 Å². The molecule has 0 aromatic carbocycles. The number of hydrogen-bond acceptors (Lipinski definition) is 1. The first-order valence-electron chi connectivity index (χ1n) is 7.28. The second-order valence-corrected chi connectivity index (χ2v) is 5.97. The normalized spacial score (nSPS) is 19.3. The largest absolute Gasteiger partial charge is 0.290 e. The van der Waals surface area contributed by atoms with Gasteiger partial charge in [0.1, 0.15) is 0 Å². The van der Waals surface area contributed by atoms with E-state index in [1.54, 1.807) is 0 Å². The van der Waals surface area contributed by atoms with Crippen LogP contribution in [-0.4, -0.2) is 12.3 Å². The molecule has 1 nitrogen and oxygen atoms in total. The van der Waals surface area contributed by atoms with Gasteiger partial charge in [0.15, 0.2) is 0 Å². The Bertz CT molecular complexity index is 257. The standard InChI is InChI=1S/C16H29N/c1-5-16(17-11-10-13(2)3)9-6-14(4)12-15-7-8-15/h10-11,14-16H,5-9,12H2,1-4H3. The van der Waals surface area contributed by atoms with E-state index in [2.05, 4.69) is 38.8 Å². The van der Waals surface area contributed by atoms with Crippen LogP contribution in [0.5, 0.6) is 0 Å². The minimum atomic E-state index is 0.534. The first-order valence-corrected chi connectivity index (χ1v) is 7.28. The molecule has 0 heterocycles. The van der Waals surface area contributed by atoms with Gasteiger partial charge in [-0.2, -0.15) is 0 Å². The van der Waals surface area contributed by atoms with Gasteiger partial charge in [-0.05, 0) is 57.4 Å². The Morgan fingerprint density at radius 3 is 2.53 bits per heavy atom. The van der Waals surface area contributed by atoms with Crippen LogP contribution in [0.1, 0.15) is 66.2 Å². The predicted octanol–water partition coefficient (Wildman–Crippen LogP) is 5.02. The lowest BCUT2D eigenvalue weighted by atomic mass is 9.96. The van der Waals surface area contributed by atoms with Crippen LogP contribution in [0.25, 0.3) is 0 Å². The van der Waals surface area contributed by atoms with Crippen LogP contribution in [-0.2, 0) is 0 Å². The molecule has 0 N–H and O–H groups in total. The summed E-state index contributed by atoms with van der Waals surface area (Å²) in [4.78, 5) is 4.65. The van der Waals surface area contributed by atoms with E-state index in [1.165, 1.54) is 44.1 Å². The van der Waals surface area contributed by atoms with Crippen molar-refractivity contribution >= 4 is 6.21 Å². The molecule has 0 aromatic heterocycles. The number of rotatable bonds is 8. The Kier molecular flexibility index (Phi) is 6.54. The van der Waals surface area contributed by atoms with Gasteiger partial charge in [0.05, 0.1) is 0 Å². The lowest BCUT2D eigenvalue weighted by Gasteiger charge is -2.14. The molecule has 0 amide bonds. The molecule has 1 heteroatoms. The summed E-state index contributed by atoms with van der Waals surface area (Å²) >= 11 is 0. The van der Waals surface area contributed by atoms with Crippen LogP contribution in [0.3, 0.4) is 0 Å². The number of allylic oxidation sites excluding steroid dienone is 2. The SMILES string of the molecule is CCC(CCC(C)CC1CC1)N=CC=C(C)C. The van der Waals surface area contributed by atoms with Gasteiger partial charge in [-0.1, -0.05) is 32.3 Å². The molecule has 2 atom stereocenters. The van der Waals surface area contributed by atoms with Crippen LogP contribution < -0.4 is 0 Å². The lowest BCUT2D eigenvalue weighted by molar-refractivity contribution is 0.421. The topological polar surface area (TPSA) is 12.4 Å². The third-order valence-electron chi connectivity index (χ3n) is 3.60. The average molecular weight is 235 g/mol. The number of aliphatic imine (C=N–C) groups is 1. The van der Waals surface area contributed by atoms with E-state index in [4.69, 9.17) is 0 Å². The highest BCUT2D eigenvalue weighted by molar-refractivity contribution is 5.72. The molecule has 0 aliphatic heterocycles.